The van der Waals surface area contributed by atoms with E-state index in [0.717, 1.165) is 0 Å². The summed E-state index contributed by atoms with van der Waals surface area (Å²) in [4.78, 5) is 11.8. The molecule has 20 heavy (non-hydrogen) atoms. The number of amides is 1. The number of rotatable bonds is 6. The van der Waals surface area contributed by atoms with E-state index in [0.29, 0.717) is 23.2 Å². The summed E-state index contributed by atoms with van der Waals surface area (Å²) in [6.45, 7) is 0.364. The van der Waals surface area contributed by atoms with Gasteiger partial charge >= 0.3 is 0 Å². The zero-order valence-electron chi connectivity index (χ0n) is 10.6. The van der Waals surface area contributed by atoms with E-state index < -0.39 is 25.8 Å². The van der Waals surface area contributed by atoms with E-state index in [1.807, 2.05) is 0 Å². The zero-order chi connectivity index (χ0) is 15.3. The van der Waals surface area contributed by atoms with Gasteiger partial charge in [0, 0.05) is 44.5 Å². The average Bonchev–Trinajstić information content (AvgIpc) is 2.33. The van der Waals surface area contributed by atoms with E-state index in [4.69, 9.17) is 10.7 Å². The Labute approximate surface area is 133 Å². The van der Waals surface area contributed by atoms with E-state index in [-0.39, 0.29) is 10.5 Å². The molecule has 112 valence electrons. The number of benzene rings is 1. The van der Waals surface area contributed by atoms with Gasteiger partial charge in [0.2, 0.25) is 0 Å². The molecule has 0 aliphatic rings. The summed E-state index contributed by atoms with van der Waals surface area (Å²) in [5.74, 6) is 0.0818. The Balaban J connectivity index is 2.80. The lowest BCUT2D eigenvalue weighted by atomic mass is 10.2. The van der Waals surface area contributed by atoms with Crippen LogP contribution in [0, 0.1) is 0 Å². The van der Waals surface area contributed by atoms with Gasteiger partial charge in [-0.1, -0.05) is 0 Å². The van der Waals surface area contributed by atoms with Crippen LogP contribution in [0.3, 0.4) is 0 Å². The highest BCUT2D eigenvalue weighted by Gasteiger charge is 2.16. The van der Waals surface area contributed by atoms with Gasteiger partial charge in [-0.2, -0.15) is 0 Å². The lowest BCUT2D eigenvalue weighted by molar-refractivity contribution is 0.0952. The summed E-state index contributed by atoms with van der Waals surface area (Å²) in [5.41, 5.74) is 0.185. The molecule has 0 radical (unpaired) electrons. The van der Waals surface area contributed by atoms with Crippen molar-refractivity contribution in [2.24, 2.45) is 0 Å². The van der Waals surface area contributed by atoms with Gasteiger partial charge in [-0.3, -0.25) is 9.00 Å². The van der Waals surface area contributed by atoms with Crippen molar-refractivity contribution >= 4 is 52.4 Å². The molecule has 0 saturated carbocycles. The standard InChI is InChI=1S/C11H13BrClNO4S2/c1-19(16)6-2-5-14-11(15)9-7-8(20(13,17)18)3-4-10(9)12/h3-4,7H,2,5-6H2,1H3,(H,14,15). The van der Waals surface area contributed by atoms with Gasteiger partial charge in [0.15, 0.2) is 0 Å². The van der Waals surface area contributed by atoms with Crippen molar-refractivity contribution < 1.29 is 17.4 Å². The molecule has 0 aliphatic heterocycles. The molecule has 0 spiro atoms. The van der Waals surface area contributed by atoms with Crippen LogP contribution in [-0.4, -0.2) is 37.1 Å². The van der Waals surface area contributed by atoms with Crippen LogP contribution in [-0.2, 0) is 19.9 Å². The third kappa shape index (κ3) is 5.51. The fourth-order valence-corrected chi connectivity index (χ4v) is 3.16. The fourth-order valence-electron chi connectivity index (χ4n) is 1.40. The molecule has 0 bridgehead atoms. The summed E-state index contributed by atoms with van der Waals surface area (Å²) >= 11 is 3.18. The Morgan fingerprint density at radius 2 is 2.10 bits per heavy atom. The van der Waals surface area contributed by atoms with Gasteiger partial charge in [0.1, 0.15) is 0 Å². The smallest absolute Gasteiger partial charge is 0.261 e. The van der Waals surface area contributed by atoms with Crippen LogP contribution in [0.25, 0.3) is 0 Å². The van der Waals surface area contributed by atoms with Crippen LogP contribution in [0.15, 0.2) is 27.6 Å². The molecule has 0 saturated heterocycles. The molecule has 1 atom stereocenters. The number of halogens is 2. The van der Waals surface area contributed by atoms with E-state index in [2.05, 4.69) is 21.2 Å². The fraction of sp³-hybridized carbons (Fsp3) is 0.364. The molecule has 0 fully saturated rings. The van der Waals surface area contributed by atoms with Gasteiger partial charge in [0.05, 0.1) is 10.5 Å². The first kappa shape index (κ1) is 17.6. The quantitative estimate of drug-likeness (QED) is 0.582. The van der Waals surface area contributed by atoms with Crippen LogP contribution in [0.2, 0.25) is 0 Å². The number of hydrogen-bond acceptors (Lipinski definition) is 4. The van der Waals surface area contributed by atoms with Crippen LogP contribution in [0.5, 0.6) is 0 Å². The minimum Gasteiger partial charge on any atom is -0.352 e. The molecular formula is C11H13BrClNO4S2. The lowest BCUT2D eigenvalue weighted by Gasteiger charge is -2.07. The minimum absolute atomic E-state index is 0.137. The maximum Gasteiger partial charge on any atom is 0.261 e. The monoisotopic (exact) mass is 401 g/mol. The number of hydrogen-bond donors (Lipinski definition) is 1. The van der Waals surface area contributed by atoms with Crippen molar-refractivity contribution in [3.8, 4) is 0 Å². The molecule has 1 unspecified atom stereocenters. The highest BCUT2D eigenvalue weighted by atomic mass is 79.9. The van der Waals surface area contributed by atoms with Gasteiger partial charge in [-0.25, -0.2) is 8.42 Å². The maximum absolute atomic E-state index is 11.9. The molecule has 1 aromatic carbocycles. The van der Waals surface area contributed by atoms with Crippen molar-refractivity contribution in [1.82, 2.24) is 5.32 Å². The van der Waals surface area contributed by atoms with Crippen molar-refractivity contribution in [3.05, 3.63) is 28.2 Å². The second-order valence-corrected chi connectivity index (χ2v) is 8.94. The molecule has 0 aliphatic carbocycles. The summed E-state index contributed by atoms with van der Waals surface area (Å²) < 4.78 is 33.8. The third-order valence-electron chi connectivity index (χ3n) is 2.36. The van der Waals surface area contributed by atoms with E-state index in [9.17, 15) is 17.4 Å². The Kier molecular flexibility index (Phi) is 6.63. The summed E-state index contributed by atoms with van der Waals surface area (Å²) in [5, 5.41) is 2.63. The SMILES string of the molecule is CS(=O)CCCNC(=O)c1cc(S(=O)(=O)Cl)ccc1Br. The summed E-state index contributed by atoms with van der Waals surface area (Å²) in [6.07, 6.45) is 2.17. The van der Waals surface area contributed by atoms with Crippen LogP contribution >= 0.6 is 26.6 Å². The molecule has 0 heterocycles. The Hall–Kier alpha value is -0.440. The van der Waals surface area contributed by atoms with Crippen LogP contribution in [0.1, 0.15) is 16.8 Å². The van der Waals surface area contributed by atoms with Crippen molar-refractivity contribution in [3.63, 3.8) is 0 Å². The van der Waals surface area contributed by atoms with Crippen molar-refractivity contribution in [2.45, 2.75) is 11.3 Å². The number of carbonyl (C=O) groups excluding carboxylic acids is 1. The van der Waals surface area contributed by atoms with Crippen molar-refractivity contribution in [1.29, 1.82) is 0 Å². The van der Waals surface area contributed by atoms with E-state index >= 15 is 0 Å². The Morgan fingerprint density at radius 3 is 2.65 bits per heavy atom. The molecule has 1 rings (SSSR count). The second-order valence-electron chi connectivity index (χ2n) is 3.97. The first-order valence-electron chi connectivity index (χ1n) is 5.54. The van der Waals surface area contributed by atoms with Crippen LogP contribution < -0.4 is 5.32 Å². The van der Waals surface area contributed by atoms with Gasteiger partial charge < -0.3 is 5.32 Å². The topological polar surface area (TPSA) is 80.3 Å². The molecule has 5 nitrogen and oxygen atoms in total. The predicted octanol–water partition coefficient (Wildman–Crippen LogP) is 1.87. The maximum atomic E-state index is 11.9. The van der Waals surface area contributed by atoms with E-state index in [1.165, 1.54) is 18.2 Å². The van der Waals surface area contributed by atoms with Gasteiger partial charge in [-0.05, 0) is 40.5 Å². The third-order valence-corrected chi connectivity index (χ3v) is 5.26. The molecule has 1 N–H and O–H groups in total. The lowest BCUT2D eigenvalue weighted by Crippen LogP contribution is -2.25. The summed E-state index contributed by atoms with van der Waals surface area (Å²) in [6, 6.07) is 3.97. The van der Waals surface area contributed by atoms with Crippen LogP contribution in [0.4, 0.5) is 0 Å². The molecular weight excluding hydrogens is 390 g/mol. The number of nitrogens with one attached hydrogen (secondary N) is 1. The van der Waals surface area contributed by atoms with Crippen molar-refractivity contribution in [2.75, 3.05) is 18.6 Å². The predicted molar refractivity (Wildman–Crippen MR) is 83.1 cm³/mol. The molecule has 0 aromatic heterocycles. The average molecular weight is 403 g/mol. The first-order valence-corrected chi connectivity index (χ1v) is 10.4. The molecule has 1 amide bonds. The largest absolute Gasteiger partial charge is 0.352 e. The van der Waals surface area contributed by atoms with Gasteiger partial charge in [-0.15, -0.1) is 0 Å². The first-order chi connectivity index (χ1) is 9.21. The second kappa shape index (κ2) is 7.53. The van der Waals surface area contributed by atoms with E-state index in [1.54, 1.807) is 6.26 Å². The molecule has 1 aromatic rings. The normalized spacial score (nSPS) is 12.9. The highest BCUT2D eigenvalue weighted by molar-refractivity contribution is 9.10. The highest BCUT2D eigenvalue weighted by Crippen LogP contribution is 2.23. The Bertz CT molecular complexity index is 633. The summed E-state index contributed by atoms with van der Waals surface area (Å²) in [7, 11) is 0.458. The molecule has 9 heteroatoms. The van der Waals surface area contributed by atoms with Gasteiger partial charge in [0.25, 0.3) is 15.0 Å². The number of carbonyl (C=O) groups is 1. The minimum atomic E-state index is -3.88. The zero-order valence-corrected chi connectivity index (χ0v) is 14.5. The Morgan fingerprint density at radius 1 is 1.45 bits per heavy atom.